The van der Waals surface area contributed by atoms with Crippen LogP contribution in [0.3, 0.4) is 0 Å². The largest absolute Gasteiger partial charge is 0.328 e. The molecule has 0 fully saturated rings. The Hall–Kier alpha value is -2.88. The first-order valence-corrected chi connectivity index (χ1v) is 10.6. The van der Waals surface area contributed by atoms with Crippen molar-refractivity contribution in [3.63, 3.8) is 0 Å². The van der Waals surface area contributed by atoms with Gasteiger partial charge < -0.3 is 5.32 Å². The van der Waals surface area contributed by atoms with Crippen LogP contribution in [0.2, 0.25) is 5.02 Å². The van der Waals surface area contributed by atoms with E-state index in [1.807, 2.05) is 60.2 Å². The van der Waals surface area contributed by atoms with Crippen molar-refractivity contribution in [2.24, 2.45) is 0 Å². The van der Waals surface area contributed by atoms with Crippen LogP contribution in [0, 0.1) is 6.92 Å². The van der Waals surface area contributed by atoms with Crippen molar-refractivity contribution in [1.29, 1.82) is 0 Å². The van der Waals surface area contributed by atoms with E-state index in [0.29, 0.717) is 10.8 Å². The fourth-order valence-electron chi connectivity index (χ4n) is 2.89. The summed E-state index contributed by atoms with van der Waals surface area (Å²) in [5.74, 6) is 0.662. The van der Waals surface area contributed by atoms with Gasteiger partial charge >= 0.3 is 0 Å². The summed E-state index contributed by atoms with van der Waals surface area (Å²) in [7, 11) is 0. The van der Waals surface area contributed by atoms with Gasteiger partial charge in [0.15, 0.2) is 11.5 Å². The average Bonchev–Trinajstić information content (AvgIpc) is 3.42. The molecule has 0 saturated carbocycles. The van der Waals surface area contributed by atoms with Crippen LogP contribution in [-0.4, -0.2) is 28.9 Å². The summed E-state index contributed by atoms with van der Waals surface area (Å²) >= 11 is 9.07. The van der Waals surface area contributed by atoms with E-state index in [9.17, 15) is 0 Å². The Morgan fingerprint density at radius 1 is 1.24 bits per heavy atom. The van der Waals surface area contributed by atoms with Crippen molar-refractivity contribution in [2.45, 2.75) is 16.8 Å². The topological polar surface area (TPSA) is 83.8 Å². The van der Waals surface area contributed by atoms with Gasteiger partial charge in [0.25, 0.3) is 0 Å². The van der Waals surface area contributed by atoms with E-state index >= 15 is 0 Å². The third-order valence-electron chi connectivity index (χ3n) is 4.15. The number of anilines is 2. The van der Waals surface area contributed by atoms with Crippen LogP contribution in [0.4, 0.5) is 10.8 Å². The highest BCUT2D eigenvalue weighted by Crippen LogP contribution is 2.33. The number of hydrogen-bond donors (Lipinski definition) is 2. The van der Waals surface area contributed by atoms with Crippen LogP contribution in [0.25, 0.3) is 16.9 Å². The fourth-order valence-corrected chi connectivity index (χ4v) is 4.68. The van der Waals surface area contributed by atoms with Crippen LogP contribution < -0.4 is 5.32 Å². The second-order valence-corrected chi connectivity index (χ2v) is 8.60. The maximum absolute atomic E-state index is 6.15. The number of benzene rings is 1. The quantitative estimate of drug-likeness (QED) is 0.379. The van der Waals surface area contributed by atoms with Gasteiger partial charge in [-0.3, -0.25) is 9.50 Å². The number of rotatable bonds is 5. The zero-order chi connectivity index (χ0) is 19.8. The van der Waals surface area contributed by atoms with E-state index in [0.717, 1.165) is 37.5 Å². The number of aromatic nitrogens is 6. The molecule has 4 heterocycles. The molecule has 10 heteroatoms. The van der Waals surface area contributed by atoms with Gasteiger partial charge in [0.1, 0.15) is 10.0 Å². The van der Waals surface area contributed by atoms with E-state index in [-0.39, 0.29) is 0 Å². The third kappa shape index (κ3) is 3.71. The smallest absolute Gasteiger partial charge is 0.181 e. The lowest BCUT2D eigenvalue weighted by Gasteiger charge is -2.09. The number of hydrogen-bond acceptors (Lipinski definition) is 7. The third-order valence-corrected chi connectivity index (χ3v) is 6.08. The van der Waals surface area contributed by atoms with Gasteiger partial charge in [-0.1, -0.05) is 29.4 Å². The molecule has 0 saturated heterocycles. The number of nitrogens with zero attached hydrogens (tertiary/aromatic N) is 5. The molecule has 1 aromatic carbocycles. The predicted octanol–water partition coefficient (Wildman–Crippen LogP) is 5.43. The average molecular weight is 440 g/mol. The molecule has 0 unspecified atom stereocenters. The minimum Gasteiger partial charge on any atom is -0.328 e. The monoisotopic (exact) mass is 439 g/mol. The lowest BCUT2D eigenvalue weighted by molar-refractivity contribution is 1.03. The number of nitrogens with one attached hydrogen (secondary N) is 2. The predicted molar refractivity (Wildman–Crippen MR) is 116 cm³/mol. The minimum absolute atomic E-state index is 0.662. The number of imidazole rings is 1. The molecule has 144 valence electrons. The first kappa shape index (κ1) is 18.2. The van der Waals surface area contributed by atoms with Crippen molar-refractivity contribution in [1.82, 2.24) is 28.9 Å². The van der Waals surface area contributed by atoms with Gasteiger partial charge in [-0.2, -0.15) is 9.47 Å². The van der Waals surface area contributed by atoms with E-state index in [1.165, 1.54) is 23.3 Å². The van der Waals surface area contributed by atoms with Crippen LogP contribution in [-0.2, 0) is 0 Å². The first-order valence-electron chi connectivity index (χ1n) is 8.67. The standard InChI is InChI=1S/C19H14ClN7S2/c1-11-5-16(29-26-11)24-18-19-21-9-15(12-7-22-23-8-12)27(19)10-17(25-18)28-14-4-2-3-13(20)6-14/h2-10H,1H3,(H,22,23)(H,24,25). The fraction of sp³-hybridized carbons (Fsp3) is 0.0526. The first-order chi connectivity index (χ1) is 14.2. The molecule has 0 atom stereocenters. The van der Waals surface area contributed by atoms with Gasteiger partial charge in [0.05, 0.1) is 23.8 Å². The van der Waals surface area contributed by atoms with Gasteiger partial charge in [0, 0.05) is 27.9 Å². The molecule has 0 spiro atoms. The summed E-state index contributed by atoms with van der Waals surface area (Å²) in [5, 5.41) is 12.7. The van der Waals surface area contributed by atoms with E-state index in [1.54, 1.807) is 6.20 Å². The summed E-state index contributed by atoms with van der Waals surface area (Å²) in [6.45, 7) is 1.96. The molecule has 0 aliphatic carbocycles. The molecule has 7 nitrogen and oxygen atoms in total. The summed E-state index contributed by atoms with van der Waals surface area (Å²) in [4.78, 5) is 10.4. The van der Waals surface area contributed by atoms with Crippen LogP contribution in [0.5, 0.6) is 0 Å². The normalized spacial score (nSPS) is 11.2. The number of aryl methyl sites for hydroxylation is 1. The second-order valence-electron chi connectivity index (χ2n) is 6.27. The van der Waals surface area contributed by atoms with Crippen molar-refractivity contribution in [2.75, 3.05) is 5.32 Å². The van der Waals surface area contributed by atoms with Gasteiger partial charge in [-0.15, -0.1) is 0 Å². The molecule has 4 aromatic heterocycles. The Bertz CT molecular complexity index is 1290. The molecule has 0 bridgehead atoms. The Morgan fingerprint density at radius 3 is 2.93 bits per heavy atom. The summed E-state index contributed by atoms with van der Waals surface area (Å²) < 4.78 is 6.35. The van der Waals surface area contributed by atoms with Crippen molar-refractivity contribution >= 4 is 51.4 Å². The molecular weight excluding hydrogens is 426 g/mol. The molecular formula is C19H14ClN7S2. The van der Waals surface area contributed by atoms with Gasteiger partial charge in [0.2, 0.25) is 0 Å². The van der Waals surface area contributed by atoms with Crippen LogP contribution in [0.1, 0.15) is 5.69 Å². The Labute approximate surface area is 179 Å². The molecule has 0 aliphatic rings. The molecule has 2 N–H and O–H groups in total. The Balaban J connectivity index is 1.63. The van der Waals surface area contributed by atoms with Crippen molar-refractivity contribution in [3.05, 3.63) is 65.8 Å². The summed E-state index contributed by atoms with van der Waals surface area (Å²) in [6, 6.07) is 9.69. The Kier molecular flexibility index (Phi) is 4.70. The van der Waals surface area contributed by atoms with Crippen molar-refractivity contribution < 1.29 is 0 Å². The zero-order valence-corrected chi connectivity index (χ0v) is 17.5. The Morgan fingerprint density at radius 2 is 2.17 bits per heavy atom. The molecule has 0 aliphatic heterocycles. The lowest BCUT2D eigenvalue weighted by atomic mass is 10.3. The maximum Gasteiger partial charge on any atom is 0.181 e. The SMILES string of the molecule is Cc1cc(Nc2nc(Sc3cccc(Cl)c3)cn3c(-c4cn[nH]c4)cnc23)sn1. The zero-order valence-electron chi connectivity index (χ0n) is 15.1. The number of fused-ring (bicyclic) bond motifs is 1. The lowest BCUT2D eigenvalue weighted by Crippen LogP contribution is -2.00. The molecule has 0 radical (unpaired) electrons. The minimum atomic E-state index is 0.662. The highest BCUT2D eigenvalue weighted by molar-refractivity contribution is 7.99. The molecule has 0 amide bonds. The summed E-state index contributed by atoms with van der Waals surface area (Å²) in [6.07, 6.45) is 7.40. The molecule has 5 rings (SSSR count). The van der Waals surface area contributed by atoms with E-state index in [4.69, 9.17) is 16.6 Å². The van der Waals surface area contributed by atoms with Gasteiger partial charge in [-0.25, -0.2) is 9.97 Å². The number of aromatic amines is 1. The number of H-pyrrole nitrogens is 1. The maximum atomic E-state index is 6.15. The van der Waals surface area contributed by atoms with Crippen LogP contribution in [0.15, 0.2) is 65.0 Å². The van der Waals surface area contributed by atoms with Gasteiger partial charge in [-0.05, 0) is 42.7 Å². The number of halogens is 1. The highest BCUT2D eigenvalue weighted by Gasteiger charge is 2.15. The molecule has 5 aromatic rings. The second kappa shape index (κ2) is 7.51. The van der Waals surface area contributed by atoms with E-state index in [2.05, 4.69) is 24.9 Å². The van der Waals surface area contributed by atoms with E-state index < -0.39 is 0 Å². The van der Waals surface area contributed by atoms with Crippen molar-refractivity contribution in [3.8, 4) is 11.3 Å². The van der Waals surface area contributed by atoms with Crippen LogP contribution >= 0.6 is 34.9 Å². The highest BCUT2D eigenvalue weighted by atomic mass is 35.5. The molecule has 29 heavy (non-hydrogen) atoms. The summed E-state index contributed by atoms with van der Waals surface area (Å²) in [5.41, 5.74) is 3.55.